The number of carbonyl (C=O) groups is 1. The molecule has 0 saturated carbocycles. The lowest BCUT2D eigenvalue weighted by atomic mass is 9.91. The van der Waals surface area contributed by atoms with Crippen LogP contribution < -0.4 is 5.73 Å². The van der Waals surface area contributed by atoms with Crippen molar-refractivity contribution in [2.75, 3.05) is 13.2 Å². The molecule has 0 spiro atoms. The zero-order chi connectivity index (χ0) is 12.5. The van der Waals surface area contributed by atoms with Crippen molar-refractivity contribution in [1.29, 1.82) is 0 Å². The Morgan fingerprint density at radius 3 is 2.65 bits per heavy atom. The van der Waals surface area contributed by atoms with E-state index in [4.69, 9.17) is 10.5 Å². The van der Waals surface area contributed by atoms with Crippen LogP contribution in [0.1, 0.15) is 37.7 Å². The van der Waals surface area contributed by atoms with Crippen LogP contribution in [-0.2, 0) is 9.53 Å². The third-order valence-electron chi connectivity index (χ3n) is 2.75. The second-order valence-corrected chi connectivity index (χ2v) is 4.05. The van der Waals surface area contributed by atoms with Crippen molar-refractivity contribution in [2.45, 2.75) is 32.1 Å². The zero-order valence-electron chi connectivity index (χ0n) is 10.4. The zero-order valence-corrected chi connectivity index (χ0v) is 10.4. The van der Waals surface area contributed by atoms with Crippen LogP contribution in [0.4, 0.5) is 0 Å². The van der Waals surface area contributed by atoms with Gasteiger partial charge in [-0.25, -0.2) is 0 Å². The first-order valence-electron chi connectivity index (χ1n) is 6.18. The van der Waals surface area contributed by atoms with Gasteiger partial charge in [-0.05, 0) is 37.8 Å². The summed E-state index contributed by atoms with van der Waals surface area (Å²) in [6.07, 6.45) is 2.30. The molecule has 1 rings (SSSR count). The highest BCUT2D eigenvalue weighted by Crippen LogP contribution is 2.24. The number of hydrogen-bond acceptors (Lipinski definition) is 3. The van der Waals surface area contributed by atoms with Gasteiger partial charge in [0.15, 0.2) is 0 Å². The van der Waals surface area contributed by atoms with Gasteiger partial charge in [0.25, 0.3) is 0 Å². The van der Waals surface area contributed by atoms with Gasteiger partial charge >= 0.3 is 5.97 Å². The van der Waals surface area contributed by atoms with Crippen molar-refractivity contribution >= 4 is 5.97 Å². The Kier molecular flexibility index (Phi) is 6.33. The monoisotopic (exact) mass is 235 g/mol. The van der Waals surface area contributed by atoms with E-state index in [1.807, 2.05) is 25.1 Å². The van der Waals surface area contributed by atoms with Crippen molar-refractivity contribution in [3.8, 4) is 0 Å². The van der Waals surface area contributed by atoms with E-state index in [0.29, 0.717) is 19.6 Å². The molecule has 2 N–H and O–H groups in total. The fourth-order valence-corrected chi connectivity index (χ4v) is 1.90. The highest BCUT2D eigenvalue weighted by atomic mass is 16.5. The normalized spacial score (nSPS) is 12.1. The van der Waals surface area contributed by atoms with E-state index in [-0.39, 0.29) is 11.9 Å². The lowest BCUT2D eigenvalue weighted by Gasteiger charge is -2.16. The molecule has 0 amide bonds. The van der Waals surface area contributed by atoms with Gasteiger partial charge in [-0.2, -0.15) is 0 Å². The second kappa shape index (κ2) is 7.85. The molecule has 0 aliphatic carbocycles. The molecule has 0 saturated heterocycles. The Labute approximate surface area is 103 Å². The number of esters is 1. The summed E-state index contributed by atoms with van der Waals surface area (Å²) in [4.78, 5) is 11.5. The minimum Gasteiger partial charge on any atom is -0.466 e. The summed E-state index contributed by atoms with van der Waals surface area (Å²) in [7, 11) is 0. The molecule has 0 aliphatic heterocycles. The second-order valence-electron chi connectivity index (χ2n) is 4.05. The fourth-order valence-electron chi connectivity index (χ4n) is 1.90. The smallest absolute Gasteiger partial charge is 0.306 e. The lowest BCUT2D eigenvalue weighted by molar-refractivity contribution is -0.143. The molecule has 3 nitrogen and oxygen atoms in total. The van der Waals surface area contributed by atoms with E-state index < -0.39 is 0 Å². The quantitative estimate of drug-likeness (QED) is 0.739. The Hall–Kier alpha value is -1.35. The molecule has 1 aromatic carbocycles. The van der Waals surface area contributed by atoms with Gasteiger partial charge in [0.05, 0.1) is 13.0 Å². The van der Waals surface area contributed by atoms with E-state index in [1.165, 1.54) is 5.56 Å². The molecule has 0 unspecified atom stereocenters. The summed E-state index contributed by atoms with van der Waals surface area (Å²) in [6.45, 7) is 2.93. The van der Waals surface area contributed by atoms with Crippen LogP contribution in [0, 0.1) is 0 Å². The third-order valence-corrected chi connectivity index (χ3v) is 2.75. The van der Waals surface area contributed by atoms with Gasteiger partial charge in [0, 0.05) is 0 Å². The molecule has 1 aromatic rings. The van der Waals surface area contributed by atoms with Crippen LogP contribution in [-0.4, -0.2) is 19.1 Å². The SMILES string of the molecule is CCOC(=O)C[C@H](CCCN)c1ccccc1. The maximum absolute atomic E-state index is 11.5. The Bertz CT molecular complexity index is 324. The third kappa shape index (κ3) is 5.00. The van der Waals surface area contributed by atoms with E-state index >= 15 is 0 Å². The standard InChI is InChI=1S/C14H21NO2/c1-2-17-14(16)11-13(9-6-10-15)12-7-4-3-5-8-12/h3-5,7-8,13H,2,6,9-11,15H2,1H3/t13-/m0/s1. The van der Waals surface area contributed by atoms with E-state index in [2.05, 4.69) is 12.1 Å². The van der Waals surface area contributed by atoms with Crippen molar-refractivity contribution < 1.29 is 9.53 Å². The summed E-state index contributed by atoms with van der Waals surface area (Å²) in [5.41, 5.74) is 6.72. The van der Waals surface area contributed by atoms with Crippen LogP contribution in [0.15, 0.2) is 30.3 Å². The molecule has 0 fully saturated rings. The van der Waals surface area contributed by atoms with Crippen molar-refractivity contribution in [3.63, 3.8) is 0 Å². The number of benzene rings is 1. The predicted molar refractivity (Wildman–Crippen MR) is 68.7 cm³/mol. The molecule has 0 aromatic heterocycles. The van der Waals surface area contributed by atoms with Crippen molar-refractivity contribution in [3.05, 3.63) is 35.9 Å². The van der Waals surface area contributed by atoms with Crippen molar-refractivity contribution in [2.24, 2.45) is 5.73 Å². The molecule has 0 radical (unpaired) electrons. The van der Waals surface area contributed by atoms with Gasteiger partial charge in [0.2, 0.25) is 0 Å². The first-order chi connectivity index (χ1) is 8.27. The Balaban J connectivity index is 2.63. The van der Waals surface area contributed by atoms with Gasteiger partial charge in [-0.15, -0.1) is 0 Å². The topological polar surface area (TPSA) is 52.3 Å². The van der Waals surface area contributed by atoms with Crippen LogP contribution in [0.3, 0.4) is 0 Å². The van der Waals surface area contributed by atoms with Gasteiger partial charge < -0.3 is 10.5 Å². The van der Waals surface area contributed by atoms with Crippen LogP contribution in [0.2, 0.25) is 0 Å². The van der Waals surface area contributed by atoms with Gasteiger partial charge in [0.1, 0.15) is 0 Å². The number of carbonyl (C=O) groups excluding carboxylic acids is 1. The number of ether oxygens (including phenoxy) is 1. The van der Waals surface area contributed by atoms with Crippen LogP contribution >= 0.6 is 0 Å². The molecular weight excluding hydrogens is 214 g/mol. The molecule has 3 heteroatoms. The maximum Gasteiger partial charge on any atom is 0.306 e. The molecule has 94 valence electrons. The summed E-state index contributed by atoms with van der Waals surface area (Å²) in [6, 6.07) is 10.1. The van der Waals surface area contributed by atoms with Crippen LogP contribution in [0.5, 0.6) is 0 Å². The molecular formula is C14H21NO2. The van der Waals surface area contributed by atoms with Crippen LogP contribution in [0.25, 0.3) is 0 Å². The summed E-state index contributed by atoms with van der Waals surface area (Å²) in [5, 5.41) is 0. The highest BCUT2D eigenvalue weighted by Gasteiger charge is 2.16. The largest absolute Gasteiger partial charge is 0.466 e. The maximum atomic E-state index is 11.5. The summed E-state index contributed by atoms with van der Waals surface area (Å²) >= 11 is 0. The predicted octanol–water partition coefficient (Wildman–Crippen LogP) is 2.46. The minimum absolute atomic E-state index is 0.127. The Morgan fingerprint density at radius 1 is 1.35 bits per heavy atom. The highest BCUT2D eigenvalue weighted by molar-refractivity contribution is 5.70. The molecule has 0 aliphatic rings. The summed E-state index contributed by atoms with van der Waals surface area (Å²) in [5.74, 6) is 0.0946. The Morgan fingerprint density at radius 2 is 2.06 bits per heavy atom. The fraction of sp³-hybridized carbons (Fsp3) is 0.500. The lowest BCUT2D eigenvalue weighted by Crippen LogP contribution is -2.12. The average Bonchev–Trinajstić information content (AvgIpc) is 2.36. The van der Waals surface area contributed by atoms with Gasteiger partial charge in [-0.3, -0.25) is 4.79 Å². The van der Waals surface area contributed by atoms with E-state index in [9.17, 15) is 4.79 Å². The first kappa shape index (κ1) is 13.7. The minimum atomic E-state index is -0.127. The summed E-state index contributed by atoms with van der Waals surface area (Å²) < 4.78 is 5.00. The first-order valence-corrected chi connectivity index (χ1v) is 6.18. The number of nitrogens with two attached hydrogens (primary N) is 1. The average molecular weight is 235 g/mol. The van der Waals surface area contributed by atoms with Gasteiger partial charge in [-0.1, -0.05) is 30.3 Å². The number of hydrogen-bond donors (Lipinski definition) is 1. The molecule has 17 heavy (non-hydrogen) atoms. The van der Waals surface area contributed by atoms with Crippen molar-refractivity contribution in [1.82, 2.24) is 0 Å². The van der Waals surface area contributed by atoms with E-state index in [1.54, 1.807) is 0 Å². The molecule has 0 bridgehead atoms. The molecule has 0 heterocycles. The van der Waals surface area contributed by atoms with E-state index in [0.717, 1.165) is 12.8 Å². The number of rotatable bonds is 7. The molecule has 1 atom stereocenters.